The van der Waals surface area contributed by atoms with Crippen LogP contribution in [-0.4, -0.2) is 19.5 Å². The van der Waals surface area contributed by atoms with Gasteiger partial charge in [0.05, 0.1) is 21.2 Å². The quantitative estimate of drug-likeness (QED) is 0.211. The summed E-state index contributed by atoms with van der Waals surface area (Å²) in [7, 11) is 0. The molecule has 0 aliphatic heterocycles. The number of pyridine rings is 2. The Kier molecular flexibility index (Phi) is 9.30. The van der Waals surface area contributed by atoms with Gasteiger partial charge in [-0.15, -0.1) is 0 Å². The molecule has 220 valence electrons. The number of aromatic nitrogens is 4. The molecule has 0 bridgehead atoms. The Morgan fingerprint density at radius 3 is 1.84 bits per heavy atom. The zero-order valence-corrected chi connectivity index (χ0v) is 25.5. The predicted octanol–water partition coefficient (Wildman–Crippen LogP) is 11.1. The number of para-hydroxylation sites is 1. The van der Waals surface area contributed by atoms with Gasteiger partial charge >= 0.3 is 0 Å². The van der Waals surface area contributed by atoms with Crippen molar-refractivity contribution in [3.05, 3.63) is 174 Å². The van der Waals surface area contributed by atoms with Crippen LogP contribution in [0.3, 0.4) is 0 Å². The molecule has 0 aliphatic carbocycles. The molecule has 45 heavy (non-hydrogen) atoms. The molecule has 0 spiro atoms. The van der Waals surface area contributed by atoms with E-state index in [0.29, 0.717) is 0 Å². The number of nitrogens with one attached hydrogen (secondary N) is 1. The van der Waals surface area contributed by atoms with Crippen molar-refractivity contribution in [2.45, 2.75) is 0 Å². The van der Waals surface area contributed by atoms with E-state index in [4.69, 9.17) is 23.2 Å². The summed E-state index contributed by atoms with van der Waals surface area (Å²) in [5.41, 5.74) is 7.94. The van der Waals surface area contributed by atoms with Crippen molar-refractivity contribution >= 4 is 45.0 Å². The molecular formula is C38H27Cl2FN4. The van der Waals surface area contributed by atoms with Gasteiger partial charge in [0.25, 0.3) is 0 Å². The van der Waals surface area contributed by atoms with E-state index in [1.54, 1.807) is 24.5 Å². The number of hydrogen-bond donors (Lipinski definition) is 1. The number of H-pyrrole nitrogens is 1. The highest BCUT2D eigenvalue weighted by molar-refractivity contribution is 6.32. The number of rotatable bonds is 3. The van der Waals surface area contributed by atoms with Crippen molar-refractivity contribution in [3.8, 4) is 27.9 Å². The minimum absolute atomic E-state index is 0.174. The average Bonchev–Trinajstić information content (AvgIpc) is 3.74. The van der Waals surface area contributed by atoms with Gasteiger partial charge in [0.15, 0.2) is 0 Å². The van der Waals surface area contributed by atoms with E-state index in [-0.39, 0.29) is 10.8 Å². The van der Waals surface area contributed by atoms with Crippen LogP contribution in [0.4, 0.5) is 4.39 Å². The zero-order valence-electron chi connectivity index (χ0n) is 24.0. The van der Waals surface area contributed by atoms with Gasteiger partial charge in [-0.2, -0.15) is 0 Å². The van der Waals surface area contributed by atoms with Crippen LogP contribution in [0.25, 0.3) is 49.7 Å². The second kappa shape index (κ2) is 14.0. The molecule has 1 N–H and O–H groups in total. The molecule has 8 rings (SSSR count). The van der Waals surface area contributed by atoms with Crippen molar-refractivity contribution in [2.24, 2.45) is 0 Å². The summed E-state index contributed by atoms with van der Waals surface area (Å²) in [6.07, 6.45) is 11.4. The van der Waals surface area contributed by atoms with Gasteiger partial charge in [0.1, 0.15) is 5.82 Å². The maximum Gasteiger partial charge on any atom is 0.141 e. The van der Waals surface area contributed by atoms with Crippen LogP contribution >= 0.6 is 23.2 Å². The Hall–Kier alpha value is -5.23. The second-order valence-electron chi connectivity index (χ2n) is 10.1. The fourth-order valence-electron chi connectivity index (χ4n) is 4.92. The number of aromatic amines is 1. The maximum atomic E-state index is 12.2. The Morgan fingerprint density at radius 2 is 1.22 bits per heavy atom. The largest absolute Gasteiger partial charge is 0.361 e. The molecule has 4 aromatic carbocycles. The molecule has 0 atom stereocenters. The molecule has 0 saturated carbocycles. The Balaban J connectivity index is 0.000000134. The van der Waals surface area contributed by atoms with Crippen molar-refractivity contribution in [1.29, 1.82) is 0 Å². The summed E-state index contributed by atoms with van der Waals surface area (Å²) >= 11 is 11.6. The van der Waals surface area contributed by atoms with Crippen LogP contribution in [-0.2, 0) is 0 Å². The SMILES string of the molecule is Clc1ccccc1-n1ccc2cc(-c3cccnc3)ccc21.Fc1ccccc1Cl.c1cncc(-c2ccc3[nH]ccc3c2)c1. The summed E-state index contributed by atoms with van der Waals surface area (Å²) in [5, 5.41) is 3.33. The molecule has 0 fully saturated rings. The van der Waals surface area contributed by atoms with Gasteiger partial charge in [-0.25, -0.2) is 4.39 Å². The van der Waals surface area contributed by atoms with Gasteiger partial charge in [-0.1, -0.05) is 71.7 Å². The highest BCUT2D eigenvalue weighted by Crippen LogP contribution is 2.29. The fourth-order valence-corrected chi connectivity index (χ4v) is 5.28. The summed E-state index contributed by atoms with van der Waals surface area (Å²) < 4.78 is 14.3. The Labute approximate surface area is 270 Å². The van der Waals surface area contributed by atoms with Crippen LogP contribution in [0.2, 0.25) is 10.0 Å². The van der Waals surface area contributed by atoms with Crippen LogP contribution < -0.4 is 0 Å². The van der Waals surface area contributed by atoms with Crippen LogP contribution in [0, 0.1) is 5.82 Å². The smallest absolute Gasteiger partial charge is 0.141 e. The molecule has 8 aromatic rings. The van der Waals surface area contributed by atoms with E-state index in [1.165, 1.54) is 34.0 Å². The number of nitrogens with zero attached hydrogens (tertiary/aromatic N) is 3. The van der Waals surface area contributed by atoms with Crippen molar-refractivity contribution in [1.82, 2.24) is 19.5 Å². The molecule has 0 amide bonds. The summed E-state index contributed by atoms with van der Waals surface area (Å²) in [4.78, 5) is 11.5. The third-order valence-corrected chi connectivity index (χ3v) is 7.80. The maximum absolute atomic E-state index is 12.2. The first-order valence-corrected chi connectivity index (χ1v) is 15.0. The fraction of sp³-hybridized carbons (Fsp3) is 0. The minimum atomic E-state index is -0.367. The molecule has 0 unspecified atom stereocenters. The van der Waals surface area contributed by atoms with Crippen LogP contribution in [0.1, 0.15) is 0 Å². The van der Waals surface area contributed by atoms with Gasteiger partial charge in [0, 0.05) is 59.2 Å². The molecule has 0 aliphatic rings. The lowest BCUT2D eigenvalue weighted by Crippen LogP contribution is -1.92. The third kappa shape index (κ3) is 7.13. The molecule has 0 saturated heterocycles. The minimum Gasteiger partial charge on any atom is -0.361 e. The number of benzene rings is 4. The summed E-state index contributed by atoms with van der Waals surface area (Å²) in [6, 6.07) is 39.0. The van der Waals surface area contributed by atoms with Crippen LogP contribution in [0.15, 0.2) is 159 Å². The van der Waals surface area contributed by atoms with Gasteiger partial charge in [-0.05, 0) is 89.3 Å². The van der Waals surface area contributed by atoms with E-state index < -0.39 is 0 Å². The molecule has 0 radical (unpaired) electrons. The highest BCUT2D eigenvalue weighted by atomic mass is 35.5. The topological polar surface area (TPSA) is 46.5 Å². The Bertz CT molecular complexity index is 2140. The van der Waals surface area contributed by atoms with Crippen molar-refractivity contribution in [2.75, 3.05) is 0 Å². The standard InChI is InChI=1S/C19H13ClN2.C13H10N2.C6H4ClF/c20-17-5-1-2-6-19(17)22-11-9-15-12-14(7-8-18(15)22)16-4-3-10-21-13-16;1-2-12(9-14-6-1)10-3-4-13-11(8-10)5-7-15-13;7-5-3-1-2-4-6(5)8/h1-13H;1-9,15H;1-4H. The van der Waals surface area contributed by atoms with Gasteiger partial charge in [0.2, 0.25) is 0 Å². The van der Waals surface area contributed by atoms with Crippen LogP contribution in [0.5, 0.6) is 0 Å². The first kappa shape index (κ1) is 29.8. The van der Waals surface area contributed by atoms with E-state index in [0.717, 1.165) is 32.9 Å². The first-order chi connectivity index (χ1) is 22.1. The normalized spacial score (nSPS) is 10.6. The first-order valence-electron chi connectivity index (χ1n) is 14.2. The summed E-state index contributed by atoms with van der Waals surface area (Å²) in [5.74, 6) is -0.367. The highest BCUT2D eigenvalue weighted by Gasteiger charge is 2.08. The second-order valence-corrected chi connectivity index (χ2v) is 10.9. The lowest BCUT2D eigenvalue weighted by atomic mass is 10.1. The van der Waals surface area contributed by atoms with E-state index >= 15 is 0 Å². The number of hydrogen-bond acceptors (Lipinski definition) is 2. The molecule has 7 heteroatoms. The number of halogens is 3. The Morgan fingerprint density at radius 1 is 0.578 bits per heavy atom. The molecule has 4 aromatic heterocycles. The van der Waals surface area contributed by atoms with Gasteiger partial charge < -0.3 is 9.55 Å². The number of fused-ring (bicyclic) bond motifs is 2. The lowest BCUT2D eigenvalue weighted by Gasteiger charge is -2.08. The predicted molar refractivity (Wildman–Crippen MR) is 184 cm³/mol. The van der Waals surface area contributed by atoms with E-state index in [9.17, 15) is 4.39 Å². The van der Waals surface area contributed by atoms with E-state index in [2.05, 4.69) is 86.4 Å². The molecule has 4 heterocycles. The summed E-state index contributed by atoms with van der Waals surface area (Å²) in [6.45, 7) is 0. The molecule has 4 nitrogen and oxygen atoms in total. The van der Waals surface area contributed by atoms with Crippen molar-refractivity contribution in [3.63, 3.8) is 0 Å². The van der Waals surface area contributed by atoms with Gasteiger partial charge in [-0.3, -0.25) is 9.97 Å². The monoisotopic (exact) mass is 628 g/mol. The van der Waals surface area contributed by atoms with Crippen molar-refractivity contribution < 1.29 is 4.39 Å². The van der Waals surface area contributed by atoms with E-state index in [1.807, 2.05) is 55.0 Å². The molecular weight excluding hydrogens is 602 g/mol. The third-order valence-electron chi connectivity index (χ3n) is 7.17. The zero-order chi connectivity index (χ0) is 31.0. The lowest BCUT2D eigenvalue weighted by molar-refractivity contribution is 0.628. The average molecular weight is 630 g/mol.